The van der Waals surface area contributed by atoms with Gasteiger partial charge in [-0.15, -0.1) is 0 Å². The quantitative estimate of drug-likeness (QED) is 0.169. The van der Waals surface area contributed by atoms with Gasteiger partial charge < -0.3 is 19.3 Å². The summed E-state index contributed by atoms with van der Waals surface area (Å²) in [5.74, 6) is 1.36. The summed E-state index contributed by atoms with van der Waals surface area (Å²) in [5.41, 5.74) is 3.36. The molecular weight excluding hydrogens is 612 g/mol. The highest BCUT2D eigenvalue weighted by Gasteiger charge is 2.74. The van der Waals surface area contributed by atoms with Crippen molar-refractivity contribution in [3.8, 4) is 11.5 Å². The highest BCUT2D eigenvalue weighted by atomic mass is 16.6. The maximum absolute atomic E-state index is 13.9. The van der Waals surface area contributed by atoms with Gasteiger partial charge in [0, 0.05) is 30.8 Å². The Balaban J connectivity index is 1.15. The lowest BCUT2D eigenvalue weighted by Gasteiger charge is -2.66. The maximum Gasteiger partial charge on any atom is 0.324 e. The van der Waals surface area contributed by atoms with Crippen molar-refractivity contribution < 1.29 is 24.1 Å². The molecule has 2 bridgehead atoms. The SMILES string of the molecule is CC(C)(C)OC(=O)C(Cc1ccccc1)N[C@H]1CC[C@@]2(OCCCc3ccccc3)C3Cc4ccc(O)c5c4[C@@]2(CCN3CC2CC2)[C@H]1O5. The number of aromatic hydroxyl groups is 1. The molecule has 8 rings (SSSR count). The molecule has 3 fully saturated rings. The van der Waals surface area contributed by atoms with Gasteiger partial charge >= 0.3 is 5.97 Å². The Morgan fingerprint density at radius 2 is 1.73 bits per heavy atom. The number of phenolic OH excluding ortho intramolecular Hbond substituents is 1. The zero-order chi connectivity index (χ0) is 33.8. The van der Waals surface area contributed by atoms with Gasteiger partial charge in [0.05, 0.1) is 11.0 Å². The second-order valence-electron chi connectivity index (χ2n) is 16.3. The summed E-state index contributed by atoms with van der Waals surface area (Å²) < 4.78 is 20.4. The average molecular weight is 665 g/mol. The van der Waals surface area contributed by atoms with Gasteiger partial charge in [0.25, 0.3) is 0 Å². The van der Waals surface area contributed by atoms with E-state index in [2.05, 4.69) is 58.7 Å². The molecule has 7 heteroatoms. The molecular formula is C42H52N2O5. The third-order valence-electron chi connectivity index (χ3n) is 11.9. The molecule has 1 spiro atoms. The molecule has 3 aromatic carbocycles. The number of rotatable bonds is 12. The van der Waals surface area contributed by atoms with E-state index in [1.807, 2.05) is 45.0 Å². The van der Waals surface area contributed by atoms with Gasteiger partial charge in [-0.3, -0.25) is 15.0 Å². The molecule has 2 saturated carbocycles. The number of nitrogens with one attached hydrogen (secondary N) is 1. The molecule has 7 nitrogen and oxygen atoms in total. The molecule has 5 aliphatic rings. The average Bonchev–Trinajstić information content (AvgIpc) is 3.83. The number of piperidine rings is 1. The molecule has 3 aliphatic carbocycles. The lowest BCUT2D eigenvalue weighted by molar-refractivity contribution is -0.221. The lowest BCUT2D eigenvalue weighted by Crippen LogP contribution is -2.79. The van der Waals surface area contributed by atoms with Crippen LogP contribution in [0.25, 0.3) is 0 Å². The van der Waals surface area contributed by atoms with E-state index in [1.54, 1.807) is 0 Å². The number of phenols is 1. The fourth-order valence-electron chi connectivity index (χ4n) is 9.78. The molecule has 2 unspecified atom stereocenters. The number of hydrogen-bond acceptors (Lipinski definition) is 7. The minimum atomic E-state index is -0.604. The monoisotopic (exact) mass is 664 g/mol. The second-order valence-corrected chi connectivity index (χ2v) is 16.3. The van der Waals surface area contributed by atoms with Crippen molar-refractivity contribution in [3.05, 3.63) is 95.1 Å². The number of benzene rings is 3. The smallest absolute Gasteiger partial charge is 0.324 e. The summed E-state index contributed by atoms with van der Waals surface area (Å²) >= 11 is 0. The molecule has 2 heterocycles. The number of carbonyl (C=O) groups is 1. The van der Waals surface area contributed by atoms with Gasteiger partial charge in [-0.05, 0) is 114 Å². The van der Waals surface area contributed by atoms with E-state index in [1.165, 1.54) is 24.0 Å². The van der Waals surface area contributed by atoms with E-state index in [-0.39, 0.29) is 29.9 Å². The van der Waals surface area contributed by atoms with Gasteiger partial charge in [0.2, 0.25) is 0 Å². The van der Waals surface area contributed by atoms with E-state index >= 15 is 0 Å². The van der Waals surface area contributed by atoms with E-state index < -0.39 is 22.7 Å². The molecule has 0 amide bonds. The van der Waals surface area contributed by atoms with Crippen LogP contribution in [0.5, 0.6) is 11.5 Å². The standard InChI is InChI=1S/C42H52N2O5/c1-40(2,3)49-39(46)33(25-29-13-8-5-9-14-29)43-32-20-21-42(47-24-10-15-28-11-6-4-7-12-28)35-26-31-18-19-34(45)37-36(31)41(42,38(32)48-37)22-23-44(35)27-30-16-17-30/h4-9,11-14,18-19,30,32-33,35,38,43,45H,10,15-17,20-27H2,1-3H3/t32-,33?,35?,38-,41-,42+/m0/s1. The van der Waals surface area contributed by atoms with Crippen molar-refractivity contribution in [1.29, 1.82) is 0 Å². The van der Waals surface area contributed by atoms with Crippen LogP contribution >= 0.6 is 0 Å². The van der Waals surface area contributed by atoms with Crippen LogP contribution in [0, 0.1) is 5.92 Å². The third kappa shape index (κ3) is 5.96. The Kier molecular flexibility index (Phi) is 8.53. The van der Waals surface area contributed by atoms with E-state index in [4.69, 9.17) is 14.2 Å². The van der Waals surface area contributed by atoms with Gasteiger partial charge in [0.1, 0.15) is 17.7 Å². The van der Waals surface area contributed by atoms with Crippen molar-refractivity contribution in [2.24, 2.45) is 5.92 Å². The fourth-order valence-corrected chi connectivity index (χ4v) is 9.78. The van der Waals surface area contributed by atoms with Gasteiger partial charge in [-0.2, -0.15) is 0 Å². The normalized spacial score (nSPS) is 29.2. The van der Waals surface area contributed by atoms with Crippen LogP contribution in [0.4, 0.5) is 0 Å². The predicted molar refractivity (Wildman–Crippen MR) is 190 cm³/mol. The van der Waals surface area contributed by atoms with Crippen LogP contribution in [0.2, 0.25) is 0 Å². The molecule has 2 N–H and O–H groups in total. The Morgan fingerprint density at radius 3 is 2.45 bits per heavy atom. The van der Waals surface area contributed by atoms with Crippen molar-refractivity contribution in [2.75, 3.05) is 19.7 Å². The zero-order valence-electron chi connectivity index (χ0n) is 29.3. The van der Waals surface area contributed by atoms with E-state index in [0.29, 0.717) is 18.8 Å². The van der Waals surface area contributed by atoms with Crippen LogP contribution in [0.15, 0.2) is 72.8 Å². The summed E-state index contributed by atoms with van der Waals surface area (Å²) in [6, 6.07) is 24.4. The van der Waals surface area contributed by atoms with Gasteiger partial charge in [0.15, 0.2) is 11.5 Å². The first-order valence-electron chi connectivity index (χ1n) is 18.6. The first kappa shape index (κ1) is 32.8. The van der Waals surface area contributed by atoms with Gasteiger partial charge in [-0.25, -0.2) is 0 Å². The van der Waals surface area contributed by atoms with Gasteiger partial charge in [-0.1, -0.05) is 66.7 Å². The maximum atomic E-state index is 13.9. The minimum absolute atomic E-state index is 0.129. The van der Waals surface area contributed by atoms with Crippen molar-refractivity contribution in [1.82, 2.24) is 10.2 Å². The second kappa shape index (κ2) is 12.7. The van der Waals surface area contributed by atoms with E-state index in [0.717, 1.165) is 68.7 Å². The van der Waals surface area contributed by atoms with Crippen LogP contribution in [-0.2, 0) is 38.9 Å². The zero-order valence-corrected chi connectivity index (χ0v) is 29.3. The number of carbonyl (C=O) groups excluding carboxylic acids is 1. The first-order chi connectivity index (χ1) is 23.7. The highest BCUT2D eigenvalue weighted by Crippen LogP contribution is 2.67. The van der Waals surface area contributed by atoms with Crippen molar-refractivity contribution >= 4 is 5.97 Å². The highest BCUT2D eigenvalue weighted by molar-refractivity contribution is 5.77. The first-order valence-corrected chi connectivity index (χ1v) is 18.6. The molecule has 0 radical (unpaired) electrons. The molecule has 2 aliphatic heterocycles. The summed E-state index contributed by atoms with van der Waals surface area (Å²) in [4.78, 5) is 16.6. The largest absolute Gasteiger partial charge is 0.504 e. The summed E-state index contributed by atoms with van der Waals surface area (Å²) in [5, 5.41) is 15.1. The number of aryl methyl sites for hydroxylation is 1. The number of hydrogen-bond donors (Lipinski definition) is 2. The minimum Gasteiger partial charge on any atom is -0.504 e. The summed E-state index contributed by atoms with van der Waals surface area (Å²) in [7, 11) is 0. The molecule has 260 valence electrons. The van der Waals surface area contributed by atoms with Crippen LogP contribution in [0.1, 0.15) is 81.5 Å². The number of esters is 1. The number of likely N-dealkylation sites (tertiary alicyclic amines) is 1. The number of ether oxygens (including phenoxy) is 3. The third-order valence-corrected chi connectivity index (χ3v) is 11.9. The molecule has 49 heavy (non-hydrogen) atoms. The Labute approximate surface area is 291 Å². The number of nitrogens with zero attached hydrogens (tertiary/aromatic N) is 1. The molecule has 3 aromatic rings. The topological polar surface area (TPSA) is 80.3 Å². The van der Waals surface area contributed by atoms with Crippen molar-refractivity contribution in [3.63, 3.8) is 0 Å². The molecule has 0 aromatic heterocycles. The Hall–Kier alpha value is -3.39. The molecule has 6 atom stereocenters. The fraction of sp³-hybridized carbons (Fsp3) is 0.548. The Bertz CT molecular complexity index is 1650. The van der Waals surface area contributed by atoms with Crippen LogP contribution < -0.4 is 10.1 Å². The molecule has 1 saturated heterocycles. The lowest BCUT2D eigenvalue weighted by atomic mass is 9.48. The summed E-state index contributed by atoms with van der Waals surface area (Å²) in [6.07, 6.45) is 8.26. The summed E-state index contributed by atoms with van der Waals surface area (Å²) in [6.45, 7) is 8.55. The Morgan fingerprint density at radius 1 is 1.00 bits per heavy atom. The van der Waals surface area contributed by atoms with E-state index in [9.17, 15) is 9.90 Å². The van der Waals surface area contributed by atoms with Crippen LogP contribution in [-0.4, -0.2) is 71.1 Å². The van der Waals surface area contributed by atoms with Crippen LogP contribution in [0.3, 0.4) is 0 Å². The predicted octanol–water partition coefficient (Wildman–Crippen LogP) is 6.52. The van der Waals surface area contributed by atoms with Crippen molar-refractivity contribution in [2.45, 2.75) is 119 Å².